The van der Waals surface area contributed by atoms with Gasteiger partial charge in [-0.15, -0.1) is 0 Å². The van der Waals surface area contributed by atoms with Gasteiger partial charge in [-0.25, -0.2) is 4.98 Å². The second-order valence-corrected chi connectivity index (χ2v) is 4.94. The molecule has 0 unspecified atom stereocenters. The highest BCUT2D eigenvalue weighted by atomic mass is 35.5. The maximum absolute atomic E-state index is 8.98. The highest BCUT2D eigenvalue weighted by Gasteiger charge is 2.11. The number of hydrogen-bond acceptors (Lipinski definition) is 2. The Labute approximate surface area is 122 Å². The molecule has 98 valence electrons. The van der Waals surface area contributed by atoms with Crippen LogP contribution in [0.5, 0.6) is 0 Å². The van der Waals surface area contributed by atoms with Crippen LogP contribution in [0.1, 0.15) is 12.5 Å². The molecule has 0 spiro atoms. The number of aryl methyl sites for hydroxylation is 1. The fourth-order valence-electron chi connectivity index (χ4n) is 2.34. The van der Waals surface area contributed by atoms with Gasteiger partial charge in [-0.05, 0) is 49.4 Å². The van der Waals surface area contributed by atoms with E-state index in [1.807, 2.05) is 42.5 Å². The lowest BCUT2D eigenvalue weighted by atomic mass is 10.2. The number of aromatic nitrogens is 2. The van der Waals surface area contributed by atoms with Crippen molar-refractivity contribution in [3.8, 4) is 17.5 Å². The highest BCUT2D eigenvalue weighted by molar-refractivity contribution is 6.30. The maximum atomic E-state index is 8.98. The van der Waals surface area contributed by atoms with Crippen molar-refractivity contribution in [2.45, 2.75) is 13.5 Å². The van der Waals surface area contributed by atoms with Crippen molar-refractivity contribution < 1.29 is 0 Å². The van der Waals surface area contributed by atoms with Gasteiger partial charge in [0.05, 0.1) is 22.7 Å². The van der Waals surface area contributed by atoms with Crippen molar-refractivity contribution >= 4 is 22.6 Å². The predicted octanol–water partition coefficient (Wildman–Crippen LogP) is 4.25. The number of fused-ring (bicyclic) bond motifs is 1. The van der Waals surface area contributed by atoms with Crippen molar-refractivity contribution in [2.75, 3.05) is 0 Å². The normalized spacial score (nSPS) is 10.7. The molecule has 3 rings (SSSR count). The Kier molecular flexibility index (Phi) is 3.17. The Hall–Kier alpha value is -2.31. The van der Waals surface area contributed by atoms with Crippen LogP contribution in [-0.2, 0) is 6.54 Å². The predicted molar refractivity (Wildman–Crippen MR) is 80.6 cm³/mol. The molecule has 0 radical (unpaired) electrons. The standard InChI is InChI=1S/C16H12ClN3/c1-2-20-15-8-3-11(10-18)9-14(15)19-16(20)12-4-6-13(17)7-5-12/h3-9H,2H2,1H3. The van der Waals surface area contributed by atoms with Crippen molar-refractivity contribution in [1.29, 1.82) is 5.26 Å². The summed E-state index contributed by atoms with van der Waals surface area (Å²) >= 11 is 5.93. The summed E-state index contributed by atoms with van der Waals surface area (Å²) in [6.07, 6.45) is 0. The summed E-state index contributed by atoms with van der Waals surface area (Å²) in [5, 5.41) is 9.69. The van der Waals surface area contributed by atoms with Crippen molar-refractivity contribution in [3.63, 3.8) is 0 Å². The molecule has 3 aromatic rings. The summed E-state index contributed by atoms with van der Waals surface area (Å²) in [4.78, 5) is 4.66. The zero-order chi connectivity index (χ0) is 14.1. The van der Waals surface area contributed by atoms with E-state index in [-0.39, 0.29) is 0 Å². The first-order valence-electron chi connectivity index (χ1n) is 6.39. The summed E-state index contributed by atoms with van der Waals surface area (Å²) in [6, 6.07) is 15.4. The molecule has 1 aromatic heterocycles. The lowest BCUT2D eigenvalue weighted by Gasteiger charge is -2.06. The Morgan fingerprint density at radius 2 is 1.95 bits per heavy atom. The van der Waals surface area contributed by atoms with Crippen LogP contribution in [0.2, 0.25) is 5.02 Å². The Morgan fingerprint density at radius 3 is 2.60 bits per heavy atom. The highest BCUT2D eigenvalue weighted by Crippen LogP contribution is 2.26. The van der Waals surface area contributed by atoms with Crippen LogP contribution in [-0.4, -0.2) is 9.55 Å². The molecule has 1 heterocycles. The zero-order valence-electron chi connectivity index (χ0n) is 11.0. The van der Waals surface area contributed by atoms with E-state index in [0.29, 0.717) is 10.6 Å². The van der Waals surface area contributed by atoms with Crippen LogP contribution in [0, 0.1) is 11.3 Å². The molecule has 3 nitrogen and oxygen atoms in total. The van der Waals surface area contributed by atoms with E-state index < -0.39 is 0 Å². The summed E-state index contributed by atoms with van der Waals surface area (Å²) in [6.45, 7) is 2.90. The molecule has 0 saturated heterocycles. The van der Waals surface area contributed by atoms with Gasteiger partial charge in [0.2, 0.25) is 0 Å². The second kappa shape index (κ2) is 4.99. The molecule has 0 aliphatic rings. The summed E-state index contributed by atoms with van der Waals surface area (Å²) in [5.41, 5.74) is 3.53. The molecular weight excluding hydrogens is 270 g/mol. The van der Waals surface area contributed by atoms with Crippen LogP contribution in [0.3, 0.4) is 0 Å². The molecule has 0 aliphatic carbocycles. The molecule has 0 aliphatic heterocycles. The van der Waals surface area contributed by atoms with Gasteiger partial charge < -0.3 is 4.57 Å². The molecule has 0 amide bonds. The number of rotatable bonds is 2. The van der Waals surface area contributed by atoms with Crippen LogP contribution in [0.4, 0.5) is 0 Å². The molecule has 0 fully saturated rings. The fraction of sp³-hybridized carbons (Fsp3) is 0.125. The van der Waals surface area contributed by atoms with Crippen molar-refractivity contribution in [3.05, 3.63) is 53.1 Å². The van der Waals surface area contributed by atoms with Gasteiger partial charge in [0.25, 0.3) is 0 Å². The van der Waals surface area contributed by atoms with E-state index >= 15 is 0 Å². The molecular formula is C16H12ClN3. The van der Waals surface area contributed by atoms with E-state index in [2.05, 4.69) is 22.5 Å². The van der Waals surface area contributed by atoms with E-state index in [1.165, 1.54) is 0 Å². The smallest absolute Gasteiger partial charge is 0.141 e. The fourth-order valence-corrected chi connectivity index (χ4v) is 2.46. The van der Waals surface area contributed by atoms with Crippen LogP contribution in [0.15, 0.2) is 42.5 Å². The SMILES string of the molecule is CCn1c(-c2ccc(Cl)cc2)nc2cc(C#N)ccc21. The van der Waals surface area contributed by atoms with Crippen molar-refractivity contribution in [2.24, 2.45) is 0 Å². The monoisotopic (exact) mass is 281 g/mol. The molecule has 4 heteroatoms. The van der Waals surface area contributed by atoms with Gasteiger partial charge in [0.15, 0.2) is 0 Å². The molecule has 0 atom stereocenters. The summed E-state index contributed by atoms with van der Waals surface area (Å²) < 4.78 is 2.14. The molecule has 0 bridgehead atoms. The van der Waals surface area contributed by atoms with Gasteiger partial charge in [-0.2, -0.15) is 5.26 Å². The third-order valence-electron chi connectivity index (χ3n) is 3.30. The van der Waals surface area contributed by atoms with Crippen LogP contribution in [0.25, 0.3) is 22.4 Å². The minimum Gasteiger partial charge on any atom is -0.324 e. The van der Waals surface area contributed by atoms with Gasteiger partial charge >= 0.3 is 0 Å². The van der Waals surface area contributed by atoms with Crippen LogP contribution >= 0.6 is 11.6 Å². The Morgan fingerprint density at radius 1 is 1.20 bits per heavy atom. The lowest BCUT2D eigenvalue weighted by Crippen LogP contribution is -1.97. The minimum atomic E-state index is 0.626. The Bertz CT molecular complexity index is 810. The molecule has 0 saturated carbocycles. The first-order valence-corrected chi connectivity index (χ1v) is 6.77. The number of nitriles is 1. The lowest BCUT2D eigenvalue weighted by molar-refractivity contribution is 0.796. The summed E-state index contributed by atoms with van der Waals surface area (Å²) in [7, 11) is 0. The third-order valence-corrected chi connectivity index (χ3v) is 3.55. The molecule has 0 N–H and O–H groups in total. The molecule has 20 heavy (non-hydrogen) atoms. The Balaban J connectivity index is 2.25. The maximum Gasteiger partial charge on any atom is 0.141 e. The van der Waals surface area contributed by atoms with Crippen LogP contribution < -0.4 is 0 Å². The zero-order valence-corrected chi connectivity index (χ0v) is 11.7. The summed E-state index contributed by atoms with van der Waals surface area (Å²) in [5.74, 6) is 0.897. The second-order valence-electron chi connectivity index (χ2n) is 4.50. The quantitative estimate of drug-likeness (QED) is 0.705. The number of hydrogen-bond donors (Lipinski definition) is 0. The van der Waals surface area contributed by atoms with Gasteiger partial charge in [0, 0.05) is 17.1 Å². The van der Waals surface area contributed by atoms with Crippen molar-refractivity contribution in [1.82, 2.24) is 9.55 Å². The van der Waals surface area contributed by atoms with E-state index in [1.54, 1.807) is 0 Å². The van der Waals surface area contributed by atoms with Gasteiger partial charge in [-0.3, -0.25) is 0 Å². The largest absolute Gasteiger partial charge is 0.324 e. The number of nitrogens with zero attached hydrogens (tertiary/aromatic N) is 3. The molecule has 2 aromatic carbocycles. The number of halogens is 1. The average molecular weight is 282 g/mol. The van der Waals surface area contributed by atoms with E-state index in [4.69, 9.17) is 16.9 Å². The first-order chi connectivity index (χ1) is 9.72. The topological polar surface area (TPSA) is 41.6 Å². The first kappa shape index (κ1) is 12.7. The number of imidazole rings is 1. The third kappa shape index (κ3) is 2.04. The minimum absolute atomic E-state index is 0.626. The average Bonchev–Trinajstić information content (AvgIpc) is 2.85. The van der Waals surface area contributed by atoms with Gasteiger partial charge in [-0.1, -0.05) is 11.6 Å². The van der Waals surface area contributed by atoms with Gasteiger partial charge in [0.1, 0.15) is 5.82 Å². The van der Waals surface area contributed by atoms with E-state index in [0.717, 1.165) is 29.0 Å². The number of benzene rings is 2. The van der Waals surface area contributed by atoms with E-state index in [9.17, 15) is 0 Å².